The van der Waals surface area contributed by atoms with Crippen LogP contribution >= 0.6 is 0 Å². The molecule has 0 unspecified atom stereocenters. The third-order valence-corrected chi connectivity index (χ3v) is 5.77. The van der Waals surface area contributed by atoms with E-state index in [1.54, 1.807) is 59.4 Å². The van der Waals surface area contributed by atoms with E-state index in [4.69, 9.17) is 18.9 Å². The largest absolute Gasteiger partial charge is 0.497 e. The number of Topliss-reactive ketones (excluding diaryl/α,β-unsaturated/α-hetero) is 1. The second-order valence-corrected chi connectivity index (χ2v) is 8.00. The summed E-state index contributed by atoms with van der Waals surface area (Å²) < 4.78 is 21.6. The molecule has 0 aliphatic carbocycles. The van der Waals surface area contributed by atoms with Crippen LogP contribution in [0.3, 0.4) is 0 Å². The summed E-state index contributed by atoms with van der Waals surface area (Å²) in [5, 5.41) is 0. The molecule has 0 bridgehead atoms. The van der Waals surface area contributed by atoms with Crippen LogP contribution in [0.25, 0.3) is 0 Å². The molecule has 2 heterocycles. The number of hydrogen-bond acceptors (Lipinski definition) is 7. The van der Waals surface area contributed by atoms with Gasteiger partial charge in [-0.2, -0.15) is 0 Å². The zero-order chi connectivity index (χ0) is 23.9. The molecule has 2 aromatic rings. The maximum Gasteiger partial charge on any atom is 0.265 e. The number of rotatable bonds is 9. The summed E-state index contributed by atoms with van der Waals surface area (Å²) in [4.78, 5) is 41.1. The van der Waals surface area contributed by atoms with Crippen LogP contribution in [0.1, 0.15) is 23.2 Å². The van der Waals surface area contributed by atoms with Crippen molar-refractivity contribution in [3.05, 3.63) is 48.0 Å². The van der Waals surface area contributed by atoms with Gasteiger partial charge in [0, 0.05) is 37.7 Å². The van der Waals surface area contributed by atoms with Crippen LogP contribution in [0.15, 0.2) is 42.5 Å². The van der Waals surface area contributed by atoms with Crippen LogP contribution in [0.4, 0.5) is 5.69 Å². The van der Waals surface area contributed by atoms with Crippen LogP contribution in [0, 0.1) is 0 Å². The fraction of sp³-hybridized carbons (Fsp3) is 0.400. The number of ether oxygens (including phenoxy) is 4. The first-order valence-electron chi connectivity index (χ1n) is 11.3. The van der Waals surface area contributed by atoms with Crippen molar-refractivity contribution in [2.75, 3.05) is 58.1 Å². The number of carbonyl (C=O) groups is 3. The van der Waals surface area contributed by atoms with Crippen LogP contribution in [0.2, 0.25) is 0 Å². The van der Waals surface area contributed by atoms with E-state index >= 15 is 0 Å². The fourth-order valence-corrected chi connectivity index (χ4v) is 3.90. The Hall–Kier alpha value is -3.59. The lowest BCUT2D eigenvalue weighted by atomic mass is 10.1. The minimum Gasteiger partial charge on any atom is -0.497 e. The summed E-state index contributed by atoms with van der Waals surface area (Å²) in [7, 11) is 1.56. The molecule has 0 N–H and O–H groups in total. The van der Waals surface area contributed by atoms with Gasteiger partial charge in [-0.25, -0.2) is 0 Å². The van der Waals surface area contributed by atoms with Crippen LogP contribution in [-0.2, 0) is 14.3 Å². The lowest BCUT2D eigenvalue weighted by molar-refractivity contribution is -0.135. The zero-order valence-corrected chi connectivity index (χ0v) is 19.2. The van der Waals surface area contributed by atoms with Crippen molar-refractivity contribution in [3.8, 4) is 17.2 Å². The maximum atomic E-state index is 12.8. The molecule has 9 heteroatoms. The Morgan fingerprint density at radius 1 is 1.06 bits per heavy atom. The lowest BCUT2D eigenvalue weighted by Crippen LogP contribution is -2.42. The Balaban J connectivity index is 1.38. The van der Waals surface area contributed by atoms with Crippen molar-refractivity contribution in [3.63, 3.8) is 0 Å². The van der Waals surface area contributed by atoms with Gasteiger partial charge in [-0.05, 0) is 36.8 Å². The third kappa shape index (κ3) is 5.66. The minimum atomic E-state index is -0.230. The zero-order valence-electron chi connectivity index (χ0n) is 19.2. The number of methoxy groups -OCH3 is 1. The van der Waals surface area contributed by atoms with Gasteiger partial charge in [-0.3, -0.25) is 14.4 Å². The van der Waals surface area contributed by atoms with Crippen molar-refractivity contribution in [1.29, 1.82) is 0 Å². The summed E-state index contributed by atoms with van der Waals surface area (Å²) in [6, 6.07) is 12.0. The van der Waals surface area contributed by atoms with E-state index in [1.165, 1.54) is 0 Å². The van der Waals surface area contributed by atoms with Gasteiger partial charge in [0.15, 0.2) is 19.0 Å². The monoisotopic (exact) mass is 468 g/mol. The predicted octanol–water partition coefficient (Wildman–Crippen LogP) is 2.32. The van der Waals surface area contributed by atoms with Crippen molar-refractivity contribution in [2.45, 2.75) is 12.8 Å². The van der Waals surface area contributed by atoms with Crippen molar-refractivity contribution in [2.24, 2.45) is 0 Å². The third-order valence-electron chi connectivity index (χ3n) is 5.77. The first-order valence-corrected chi connectivity index (χ1v) is 11.3. The van der Waals surface area contributed by atoms with Gasteiger partial charge >= 0.3 is 0 Å². The molecule has 0 spiro atoms. The molecular weight excluding hydrogens is 440 g/mol. The molecule has 0 atom stereocenters. The average molecular weight is 469 g/mol. The van der Waals surface area contributed by atoms with E-state index in [0.717, 1.165) is 0 Å². The highest BCUT2D eigenvalue weighted by atomic mass is 16.5. The first-order chi connectivity index (χ1) is 16.5. The van der Waals surface area contributed by atoms with Crippen LogP contribution in [0.5, 0.6) is 17.2 Å². The van der Waals surface area contributed by atoms with Gasteiger partial charge in [0.05, 0.1) is 26.0 Å². The molecule has 34 heavy (non-hydrogen) atoms. The number of hydrogen-bond donors (Lipinski definition) is 0. The number of anilines is 1. The van der Waals surface area contributed by atoms with E-state index in [0.29, 0.717) is 74.2 Å². The number of carbonyl (C=O) groups excluding carboxylic acids is 3. The second-order valence-electron chi connectivity index (χ2n) is 8.00. The minimum absolute atomic E-state index is 0.0582. The Kier molecular flexibility index (Phi) is 7.64. The molecule has 0 aromatic heterocycles. The molecule has 2 aliphatic rings. The number of nitrogens with zero attached hydrogens (tertiary/aromatic N) is 2. The molecule has 2 amide bonds. The normalized spacial score (nSPS) is 15.4. The van der Waals surface area contributed by atoms with Crippen molar-refractivity contribution in [1.82, 2.24) is 4.90 Å². The SMILES string of the molecule is COc1cccc(OCC(=O)c2ccc3c(c2)N(CCCC(=O)N2CCOCC2)C(=O)CO3)c1. The molecule has 9 nitrogen and oxygen atoms in total. The highest BCUT2D eigenvalue weighted by molar-refractivity contribution is 6.02. The number of fused-ring (bicyclic) bond motifs is 1. The maximum absolute atomic E-state index is 12.8. The van der Waals surface area contributed by atoms with Gasteiger partial charge in [0.1, 0.15) is 17.2 Å². The summed E-state index contributed by atoms with van der Waals surface area (Å²) >= 11 is 0. The first kappa shape index (κ1) is 23.6. The van der Waals surface area contributed by atoms with E-state index < -0.39 is 0 Å². The van der Waals surface area contributed by atoms with E-state index in [2.05, 4.69) is 0 Å². The quantitative estimate of drug-likeness (QED) is 0.522. The van der Waals surface area contributed by atoms with E-state index in [-0.39, 0.29) is 30.8 Å². The standard InChI is InChI=1S/C25H28N2O7/c1-31-19-4-2-5-20(15-19)33-16-22(28)18-7-8-23-21(14-18)27(25(30)17-34-23)9-3-6-24(29)26-10-12-32-13-11-26/h2,4-5,7-8,14-15H,3,6,9-13,16-17H2,1H3. The Morgan fingerprint density at radius 3 is 2.65 bits per heavy atom. The summed E-state index contributed by atoms with van der Waals surface area (Å²) in [5.74, 6) is 1.31. The molecule has 2 aliphatic heterocycles. The smallest absolute Gasteiger partial charge is 0.265 e. The molecule has 4 rings (SSSR count). The van der Waals surface area contributed by atoms with Crippen molar-refractivity contribution < 1.29 is 33.3 Å². The fourth-order valence-electron chi connectivity index (χ4n) is 3.90. The molecule has 0 radical (unpaired) electrons. The topological polar surface area (TPSA) is 94.6 Å². The van der Waals surface area contributed by atoms with Crippen LogP contribution in [-0.4, -0.2) is 75.7 Å². The van der Waals surface area contributed by atoms with Gasteiger partial charge in [-0.15, -0.1) is 0 Å². The Bertz CT molecular complexity index is 1050. The predicted molar refractivity (Wildman–Crippen MR) is 124 cm³/mol. The number of ketones is 1. The van der Waals surface area contributed by atoms with Gasteiger partial charge in [0.25, 0.3) is 5.91 Å². The molecule has 0 saturated carbocycles. The Morgan fingerprint density at radius 2 is 1.85 bits per heavy atom. The molecule has 1 fully saturated rings. The Labute approximate surface area is 198 Å². The van der Waals surface area contributed by atoms with Gasteiger partial charge < -0.3 is 28.7 Å². The summed E-state index contributed by atoms with van der Waals surface area (Å²) in [5.41, 5.74) is 0.941. The molecular formula is C25H28N2O7. The van der Waals surface area contributed by atoms with E-state index in [9.17, 15) is 14.4 Å². The number of amides is 2. The lowest BCUT2D eigenvalue weighted by Gasteiger charge is -2.30. The number of morpholine rings is 1. The number of benzene rings is 2. The van der Waals surface area contributed by atoms with E-state index in [1.807, 2.05) is 0 Å². The van der Waals surface area contributed by atoms with Gasteiger partial charge in [-0.1, -0.05) is 6.07 Å². The van der Waals surface area contributed by atoms with Crippen LogP contribution < -0.4 is 19.1 Å². The summed E-state index contributed by atoms with van der Waals surface area (Å²) in [6.07, 6.45) is 0.853. The highest BCUT2D eigenvalue weighted by Crippen LogP contribution is 2.33. The highest BCUT2D eigenvalue weighted by Gasteiger charge is 2.27. The van der Waals surface area contributed by atoms with Crippen molar-refractivity contribution >= 4 is 23.3 Å². The average Bonchev–Trinajstić information content (AvgIpc) is 2.88. The second kappa shape index (κ2) is 11.0. The summed E-state index contributed by atoms with van der Waals surface area (Å²) in [6.45, 7) is 2.44. The molecule has 180 valence electrons. The molecule has 1 saturated heterocycles. The van der Waals surface area contributed by atoms with Gasteiger partial charge in [0.2, 0.25) is 5.91 Å². The molecule has 2 aromatic carbocycles.